The van der Waals surface area contributed by atoms with Gasteiger partial charge < -0.3 is 36.6 Å². The molecule has 4 aromatic rings. The second-order valence-corrected chi connectivity index (χ2v) is 22.0. The molecule has 1 fully saturated rings. The van der Waals surface area contributed by atoms with E-state index in [1.807, 2.05) is 107 Å². The minimum absolute atomic E-state index is 0.0409. The summed E-state index contributed by atoms with van der Waals surface area (Å²) in [5, 5.41) is 21.1. The lowest BCUT2D eigenvalue weighted by molar-refractivity contribution is -0.143. The van der Waals surface area contributed by atoms with Crippen LogP contribution >= 0.6 is 11.3 Å². The molecule has 0 unspecified atom stereocenters. The van der Waals surface area contributed by atoms with Crippen LogP contribution < -0.4 is 21.7 Å². The Labute approximate surface area is 438 Å². The lowest BCUT2D eigenvalue weighted by Gasteiger charge is -2.35. The molecule has 1 saturated heterocycles. The predicted molar refractivity (Wildman–Crippen MR) is 284 cm³/mol. The van der Waals surface area contributed by atoms with E-state index in [1.165, 1.54) is 4.90 Å². The fraction of sp³-hybridized carbons (Fsp3) is 0.509. The van der Waals surface area contributed by atoms with Gasteiger partial charge in [-0.05, 0) is 104 Å². The summed E-state index contributed by atoms with van der Waals surface area (Å²) in [7, 11) is 0. The fourth-order valence-electron chi connectivity index (χ4n) is 10.2. The van der Waals surface area contributed by atoms with Crippen LogP contribution in [0.2, 0.25) is 0 Å². The van der Waals surface area contributed by atoms with Gasteiger partial charge >= 0.3 is 0 Å². The second-order valence-electron chi connectivity index (χ2n) is 21.2. The van der Waals surface area contributed by atoms with Gasteiger partial charge in [0.2, 0.25) is 23.6 Å². The monoisotopic (exact) mass is 1030 g/mol. The molecule has 7 atom stereocenters. The third-order valence-electron chi connectivity index (χ3n) is 14.3. The summed E-state index contributed by atoms with van der Waals surface area (Å²) in [5.41, 5.74) is 20.9. The third kappa shape index (κ3) is 15.2. The number of amides is 4. The van der Waals surface area contributed by atoms with Crippen LogP contribution in [0.4, 0.5) is 5.69 Å². The van der Waals surface area contributed by atoms with E-state index >= 15 is 0 Å². The van der Waals surface area contributed by atoms with Gasteiger partial charge in [0.1, 0.15) is 6.04 Å². The minimum atomic E-state index is -0.877. The standard InChI is InChI=1S/C55H70N6O8S.C2H4O2/c1-33-51(70-32-58-33)39-20-17-36(18-21-39)19-25-46(63)44-29-42(62)30-60(44)54(68)52(55(3,4)5)59-49(66)12-7-6-9-35-13-15-37(16-14-35)31-69-34(2)40(23-26-48(57)65)28-47(64)45-27-41-11-8-10-38-22-24-43(56)53(67)61(45)50(38)41;1-2(3)4/h8,10-11,13-18,20-21,32,34,40,42-45,52,62H,6-7,9,12,19,22-31,56H2,1-5H3,(H2,57,65)(H,59,66);1H3,(H,3,4)/t34-,40-,42-,43+,44+,45+,52-;/m1./s1. The van der Waals surface area contributed by atoms with Crippen LogP contribution in [0.5, 0.6) is 0 Å². The summed E-state index contributed by atoms with van der Waals surface area (Å²) in [6, 6.07) is 19.1. The maximum atomic E-state index is 14.1. The van der Waals surface area contributed by atoms with Crippen molar-refractivity contribution in [2.24, 2.45) is 22.8 Å². The van der Waals surface area contributed by atoms with Gasteiger partial charge in [-0.2, -0.15) is 0 Å². The molecule has 16 nitrogen and oxygen atoms in total. The largest absolute Gasteiger partial charge is 0.481 e. The Hall–Kier alpha value is -6.14. The Morgan fingerprint density at radius 2 is 1.54 bits per heavy atom. The number of aliphatic hydroxyl groups excluding tert-OH is 1. The number of β-amino-alcohol motifs (C(OH)–C–C–N with tert-alkyl or cyclic N) is 1. The van der Waals surface area contributed by atoms with E-state index < -0.39 is 47.6 Å². The number of likely N-dealkylation sites (tertiary alicyclic amines) is 1. The van der Waals surface area contributed by atoms with Crippen molar-refractivity contribution in [2.75, 3.05) is 11.4 Å². The van der Waals surface area contributed by atoms with E-state index in [4.69, 9.17) is 26.1 Å². The molecule has 7 N–H and O–H groups in total. The highest BCUT2D eigenvalue weighted by molar-refractivity contribution is 7.13. The van der Waals surface area contributed by atoms with Crippen molar-refractivity contribution in [3.8, 4) is 10.4 Å². The van der Waals surface area contributed by atoms with Crippen LogP contribution in [0.15, 0.2) is 72.2 Å². The van der Waals surface area contributed by atoms with Gasteiger partial charge in [0.05, 0.1) is 58.7 Å². The number of carboxylic acids is 1. The normalized spacial score (nSPS) is 19.4. The van der Waals surface area contributed by atoms with Crippen molar-refractivity contribution < 1.29 is 48.5 Å². The molecule has 0 saturated carbocycles. The number of aryl methyl sites for hydroxylation is 4. The number of para-hydroxylation sites is 1. The first-order valence-corrected chi connectivity index (χ1v) is 26.7. The lowest BCUT2D eigenvalue weighted by Crippen LogP contribution is -2.56. The average molecular weight is 1040 g/mol. The van der Waals surface area contributed by atoms with Crippen LogP contribution in [-0.4, -0.2) is 104 Å². The fourth-order valence-corrected chi connectivity index (χ4v) is 11.0. The summed E-state index contributed by atoms with van der Waals surface area (Å²) in [5.74, 6) is -2.61. The van der Waals surface area contributed by atoms with E-state index in [9.17, 15) is 33.9 Å². The zero-order chi connectivity index (χ0) is 53.9. The summed E-state index contributed by atoms with van der Waals surface area (Å²) < 4.78 is 6.32. The molecule has 0 bridgehead atoms. The molecule has 0 aliphatic carbocycles. The number of aliphatic hydroxyl groups is 1. The predicted octanol–water partition coefficient (Wildman–Crippen LogP) is 6.59. The molecule has 3 aliphatic rings. The smallest absolute Gasteiger partial charge is 0.300 e. The number of aromatic nitrogens is 1. The molecule has 0 spiro atoms. The van der Waals surface area contributed by atoms with Crippen molar-refractivity contribution in [1.29, 1.82) is 0 Å². The number of anilines is 1. The molecular formula is C57H74N6O10S. The zero-order valence-corrected chi connectivity index (χ0v) is 44.5. The number of nitrogens with zero attached hydrogens (tertiary/aromatic N) is 3. The first-order chi connectivity index (χ1) is 35.1. The Morgan fingerprint density at radius 3 is 2.19 bits per heavy atom. The summed E-state index contributed by atoms with van der Waals surface area (Å²) in [4.78, 5) is 98.0. The van der Waals surface area contributed by atoms with Crippen LogP contribution in [-0.2, 0) is 70.6 Å². The molecule has 7 rings (SSSR count). The lowest BCUT2D eigenvalue weighted by atomic mass is 9.85. The number of rotatable bonds is 22. The van der Waals surface area contributed by atoms with Crippen molar-refractivity contribution in [1.82, 2.24) is 15.2 Å². The Kier molecular flexibility index (Phi) is 20.0. The molecule has 3 aromatic carbocycles. The molecule has 0 radical (unpaired) electrons. The maximum absolute atomic E-state index is 14.1. The molecule has 3 aliphatic heterocycles. The molecule has 1 aromatic heterocycles. The van der Waals surface area contributed by atoms with Gasteiger partial charge in [-0.25, -0.2) is 4.98 Å². The number of ketones is 2. The SMILES string of the molecule is CC(=O)O.Cc1ncsc1-c1ccc(CCC(=O)[C@@H]2C[C@@H](O)CN2C(=O)[C@@H](NC(=O)CCCCc2ccc(CO[C@H](C)[C@H](CCC(N)=O)CC(=O)[C@@H]3Cc4cccc5c4N3C(=O)[C@@H](N)CC5)cc2)C(C)(C)C)cc1. The van der Waals surface area contributed by atoms with Crippen LogP contribution in [0, 0.1) is 18.3 Å². The van der Waals surface area contributed by atoms with Crippen molar-refractivity contribution >= 4 is 58.2 Å². The maximum Gasteiger partial charge on any atom is 0.300 e. The zero-order valence-electron chi connectivity index (χ0n) is 43.6. The van der Waals surface area contributed by atoms with Gasteiger partial charge in [0.15, 0.2) is 11.6 Å². The topological polar surface area (TPSA) is 253 Å². The summed E-state index contributed by atoms with van der Waals surface area (Å²) in [6.07, 6.45) is 4.27. The van der Waals surface area contributed by atoms with E-state index in [0.717, 1.165) is 69.4 Å². The number of thiazole rings is 1. The van der Waals surface area contributed by atoms with Crippen LogP contribution in [0.3, 0.4) is 0 Å². The van der Waals surface area contributed by atoms with E-state index in [1.54, 1.807) is 16.2 Å². The molecule has 4 amide bonds. The van der Waals surface area contributed by atoms with Crippen molar-refractivity contribution in [3.63, 3.8) is 0 Å². The number of aliphatic carboxylic acids is 1. The van der Waals surface area contributed by atoms with Crippen LogP contribution in [0.1, 0.15) is 126 Å². The van der Waals surface area contributed by atoms with Crippen LogP contribution in [0.25, 0.3) is 10.4 Å². The van der Waals surface area contributed by atoms with E-state index in [-0.39, 0.29) is 80.0 Å². The molecule has 398 valence electrons. The highest BCUT2D eigenvalue weighted by atomic mass is 32.1. The van der Waals surface area contributed by atoms with Gasteiger partial charge in [-0.3, -0.25) is 38.5 Å². The van der Waals surface area contributed by atoms with Crippen molar-refractivity contribution in [3.05, 3.63) is 106 Å². The van der Waals surface area contributed by atoms with Gasteiger partial charge in [0.25, 0.3) is 5.97 Å². The minimum Gasteiger partial charge on any atom is -0.481 e. The molecular weight excluding hydrogens is 961 g/mol. The summed E-state index contributed by atoms with van der Waals surface area (Å²) >= 11 is 1.59. The number of carbonyl (C=O) groups is 7. The average Bonchev–Trinajstić information content (AvgIpc) is 4.07. The number of carbonyl (C=O) groups excluding carboxylic acids is 6. The summed E-state index contributed by atoms with van der Waals surface area (Å²) in [6.45, 7) is 11.0. The third-order valence-corrected chi connectivity index (χ3v) is 15.3. The second kappa shape index (κ2) is 25.9. The van der Waals surface area contributed by atoms with Gasteiger partial charge in [0, 0.05) is 52.0 Å². The van der Waals surface area contributed by atoms with E-state index in [0.29, 0.717) is 45.1 Å². The number of hydrogen-bond donors (Lipinski definition) is 5. The number of ether oxygens (including phenoxy) is 1. The molecule has 4 heterocycles. The number of hydrogen-bond acceptors (Lipinski definition) is 12. The number of carboxylic acid groups (broad SMARTS) is 1. The molecule has 17 heteroatoms. The van der Waals surface area contributed by atoms with E-state index in [2.05, 4.69) is 10.3 Å². The number of primary amides is 1. The highest BCUT2D eigenvalue weighted by Crippen LogP contribution is 2.40. The number of nitrogens with two attached hydrogens (primary N) is 2. The number of unbranched alkanes of at least 4 members (excludes halogenated alkanes) is 1. The highest BCUT2D eigenvalue weighted by Gasteiger charge is 2.45. The van der Waals surface area contributed by atoms with Crippen molar-refractivity contribution in [2.45, 2.75) is 168 Å². The van der Waals surface area contributed by atoms with Gasteiger partial charge in [-0.15, -0.1) is 11.3 Å². The van der Waals surface area contributed by atoms with Gasteiger partial charge in [-0.1, -0.05) is 87.5 Å². The number of benzene rings is 3. The number of nitrogens with one attached hydrogen (secondary N) is 1. The Balaban J connectivity index is 0.00000215. The first kappa shape index (κ1) is 57.1. The molecule has 74 heavy (non-hydrogen) atoms. The Morgan fingerprint density at radius 1 is 0.892 bits per heavy atom. The Bertz CT molecular complexity index is 2620. The first-order valence-electron chi connectivity index (χ1n) is 25.8. The quantitative estimate of drug-likeness (QED) is 0.0523. The number of Topliss-reactive ketones (excluding diaryl/α,β-unsaturated/α-hetero) is 2.